The Kier molecular flexibility index (Phi) is 3.58. The highest BCUT2D eigenvalue weighted by molar-refractivity contribution is 5.45. The maximum Gasteiger partial charge on any atom is 0.276 e. The number of aliphatic hydroxyl groups is 1. The van der Waals surface area contributed by atoms with Crippen LogP contribution in [0.3, 0.4) is 0 Å². The number of nitro groups is 1. The third kappa shape index (κ3) is 2.60. The molecule has 108 valence electrons. The molecule has 0 saturated carbocycles. The molecule has 1 aliphatic carbocycles. The molecule has 0 radical (unpaired) electrons. The topological polar surface area (TPSA) is 72.6 Å². The van der Waals surface area contributed by atoms with Crippen LogP contribution in [0.15, 0.2) is 42.5 Å². The Hall–Kier alpha value is -2.40. The van der Waals surface area contributed by atoms with Gasteiger partial charge in [0.25, 0.3) is 5.69 Å². The van der Waals surface area contributed by atoms with Crippen molar-refractivity contribution in [3.05, 3.63) is 69.3 Å². The molecule has 0 spiro atoms. The molecule has 0 fully saturated rings. The predicted molar refractivity (Wildman–Crippen MR) is 77.2 cm³/mol. The van der Waals surface area contributed by atoms with Crippen molar-refractivity contribution in [1.29, 1.82) is 0 Å². The zero-order chi connectivity index (χ0) is 14.8. The third-order valence-corrected chi connectivity index (χ3v) is 3.77. The van der Waals surface area contributed by atoms with E-state index in [4.69, 9.17) is 4.74 Å². The minimum atomic E-state index is -0.436. The summed E-state index contributed by atoms with van der Waals surface area (Å²) < 4.78 is 5.76. The van der Waals surface area contributed by atoms with Gasteiger partial charge in [-0.3, -0.25) is 10.1 Å². The Bertz CT molecular complexity index is 684. The van der Waals surface area contributed by atoms with Gasteiger partial charge < -0.3 is 9.84 Å². The number of nitro benzene ring substituents is 1. The van der Waals surface area contributed by atoms with E-state index in [0.717, 1.165) is 17.5 Å². The fourth-order valence-electron chi connectivity index (χ4n) is 2.70. The summed E-state index contributed by atoms with van der Waals surface area (Å²) in [5.74, 6) is 0.696. The van der Waals surface area contributed by atoms with E-state index in [1.54, 1.807) is 18.2 Å². The van der Waals surface area contributed by atoms with E-state index in [1.165, 1.54) is 6.07 Å². The van der Waals surface area contributed by atoms with Crippen LogP contribution < -0.4 is 4.74 Å². The normalized spacial score (nSPS) is 16.5. The van der Waals surface area contributed by atoms with E-state index in [0.29, 0.717) is 17.7 Å². The maximum atomic E-state index is 11.0. The van der Waals surface area contributed by atoms with Crippen LogP contribution in [-0.2, 0) is 13.0 Å². The van der Waals surface area contributed by atoms with Crippen molar-refractivity contribution in [3.8, 4) is 5.75 Å². The van der Waals surface area contributed by atoms with Gasteiger partial charge in [-0.15, -0.1) is 0 Å². The van der Waals surface area contributed by atoms with Crippen molar-refractivity contribution in [2.75, 3.05) is 0 Å². The second-order valence-electron chi connectivity index (χ2n) is 5.05. The number of rotatable bonds is 4. The molecule has 0 saturated heterocycles. The summed E-state index contributed by atoms with van der Waals surface area (Å²) in [5.41, 5.74) is 2.50. The molecule has 5 heteroatoms. The van der Waals surface area contributed by atoms with E-state index >= 15 is 0 Å². The monoisotopic (exact) mass is 285 g/mol. The molecule has 1 unspecified atom stereocenters. The molecule has 3 rings (SSSR count). The Morgan fingerprint density at radius 1 is 1.24 bits per heavy atom. The average molecular weight is 285 g/mol. The summed E-state index contributed by atoms with van der Waals surface area (Å²) in [5, 5.41) is 20.8. The summed E-state index contributed by atoms with van der Waals surface area (Å²) in [6.45, 7) is 0.143. The van der Waals surface area contributed by atoms with Crippen LogP contribution in [0.4, 0.5) is 5.69 Å². The lowest BCUT2D eigenvalue weighted by molar-refractivity contribution is -0.385. The molecule has 0 aliphatic heterocycles. The number of para-hydroxylation sites is 1. The molecule has 2 aromatic rings. The number of fused-ring (bicyclic) bond motifs is 1. The zero-order valence-electron chi connectivity index (χ0n) is 11.4. The number of benzene rings is 2. The van der Waals surface area contributed by atoms with Crippen molar-refractivity contribution >= 4 is 5.69 Å². The van der Waals surface area contributed by atoms with Gasteiger partial charge in [0.15, 0.2) is 0 Å². The molecule has 0 aromatic heterocycles. The Morgan fingerprint density at radius 2 is 2.05 bits per heavy atom. The van der Waals surface area contributed by atoms with Gasteiger partial charge in [-0.25, -0.2) is 0 Å². The van der Waals surface area contributed by atoms with Gasteiger partial charge in [-0.2, -0.15) is 0 Å². The fraction of sp³-hybridized carbons (Fsp3) is 0.250. The lowest BCUT2D eigenvalue weighted by atomic mass is 10.1. The van der Waals surface area contributed by atoms with E-state index in [-0.39, 0.29) is 12.3 Å². The van der Waals surface area contributed by atoms with Gasteiger partial charge in [0.2, 0.25) is 0 Å². The van der Waals surface area contributed by atoms with Gasteiger partial charge >= 0.3 is 0 Å². The molecule has 0 bridgehead atoms. The van der Waals surface area contributed by atoms with Gasteiger partial charge in [-0.1, -0.05) is 24.3 Å². The van der Waals surface area contributed by atoms with Gasteiger partial charge in [0.05, 0.1) is 16.6 Å². The van der Waals surface area contributed by atoms with Crippen LogP contribution in [0.5, 0.6) is 5.75 Å². The van der Waals surface area contributed by atoms with E-state index in [1.807, 2.05) is 18.2 Å². The highest BCUT2D eigenvalue weighted by Crippen LogP contribution is 2.37. The summed E-state index contributed by atoms with van der Waals surface area (Å²) in [6.07, 6.45) is 1.03. The molecular weight excluding hydrogens is 270 g/mol. The first kappa shape index (κ1) is 13.6. The summed E-state index contributed by atoms with van der Waals surface area (Å²) >= 11 is 0. The van der Waals surface area contributed by atoms with Crippen molar-refractivity contribution in [1.82, 2.24) is 0 Å². The van der Waals surface area contributed by atoms with Crippen LogP contribution in [0, 0.1) is 10.1 Å². The lowest BCUT2D eigenvalue weighted by Gasteiger charge is -2.11. The van der Waals surface area contributed by atoms with E-state index < -0.39 is 11.0 Å². The van der Waals surface area contributed by atoms with Crippen LogP contribution in [0.2, 0.25) is 0 Å². The fourth-order valence-corrected chi connectivity index (χ4v) is 2.70. The van der Waals surface area contributed by atoms with Gasteiger partial charge in [0, 0.05) is 11.6 Å². The highest BCUT2D eigenvalue weighted by Gasteiger charge is 2.23. The smallest absolute Gasteiger partial charge is 0.276 e. The van der Waals surface area contributed by atoms with E-state index in [9.17, 15) is 15.2 Å². The van der Waals surface area contributed by atoms with Crippen molar-refractivity contribution in [2.45, 2.75) is 25.6 Å². The highest BCUT2D eigenvalue weighted by atomic mass is 16.6. The second-order valence-corrected chi connectivity index (χ2v) is 5.05. The molecule has 0 amide bonds. The minimum Gasteiger partial charge on any atom is -0.488 e. The molecule has 5 nitrogen and oxygen atoms in total. The summed E-state index contributed by atoms with van der Waals surface area (Å²) in [4.78, 5) is 10.6. The summed E-state index contributed by atoms with van der Waals surface area (Å²) in [7, 11) is 0. The first-order valence-electron chi connectivity index (χ1n) is 6.82. The van der Waals surface area contributed by atoms with Crippen molar-refractivity contribution in [3.63, 3.8) is 0 Å². The first-order chi connectivity index (χ1) is 10.2. The molecule has 2 aromatic carbocycles. The number of hydrogen-bond acceptors (Lipinski definition) is 4. The number of ether oxygens (including phenoxy) is 1. The third-order valence-electron chi connectivity index (χ3n) is 3.77. The maximum absolute atomic E-state index is 11.0. The van der Waals surface area contributed by atoms with Crippen LogP contribution in [0.1, 0.15) is 29.2 Å². The SMILES string of the molecule is O=[N+]([O-])c1ccccc1COc1cccc2c1CCC2O. The largest absolute Gasteiger partial charge is 0.488 e. The molecule has 0 heterocycles. The van der Waals surface area contributed by atoms with Crippen LogP contribution in [0.25, 0.3) is 0 Å². The Labute approximate surface area is 122 Å². The second kappa shape index (κ2) is 5.54. The quantitative estimate of drug-likeness (QED) is 0.691. The summed E-state index contributed by atoms with van der Waals surface area (Å²) in [6, 6.07) is 12.1. The average Bonchev–Trinajstić information content (AvgIpc) is 2.87. The van der Waals surface area contributed by atoms with Gasteiger partial charge in [0.1, 0.15) is 12.4 Å². The van der Waals surface area contributed by atoms with Crippen molar-refractivity contribution in [2.24, 2.45) is 0 Å². The Morgan fingerprint density at radius 3 is 2.86 bits per heavy atom. The lowest BCUT2D eigenvalue weighted by Crippen LogP contribution is -2.02. The molecule has 1 aliphatic rings. The van der Waals surface area contributed by atoms with Crippen LogP contribution in [-0.4, -0.2) is 10.0 Å². The number of hydrogen-bond donors (Lipinski definition) is 1. The first-order valence-corrected chi connectivity index (χ1v) is 6.82. The van der Waals surface area contributed by atoms with Gasteiger partial charge in [-0.05, 0) is 30.5 Å². The predicted octanol–water partition coefficient (Wildman–Crippen LogP) is 3.15. The number of nitrogens with zero attached hydrogens (tertiary/aromatic N) is 1. The van der Waals surface area contributed by atoms with E-state index in [2.05, 4.69) is 0 Å². The number of aliphatic hydroxyl groups excluding tert-OH is 1. The van der Waals surface area contributed by atoms with Crippen LogP contribution >= 0.6 is 0 Å². The minimum absolute atomic E-state index is 0.0603. The molecule has 1 N–H and O–H groups in total. The zero-order valence-corrected chi connectivity index (χ0v) is 11.4. The molecule has 1 atom stereocenters. The standard InChI is InChI=1S/C16H15NO4/c18-15-9-8-13-12(15)5-3-7-16(13)21-10-11-4-1-2-6-14(11)17(19)20/h1-7,15,18H,8-10H2. The molecule has 21 heavy (non-hydrogen) atoms. The van der Waals surface area contributed by atoms with Crippen molar-refractivity contribution < 1.29 is 14.8 Å². The molecular formula is C16H15NO4. The Balaban J connectivity index is 1.82.